The van der Waals surface area contributed by atoms with Crippen LogP contribution < -0.4 is 10.2 Å². The predicted octanol–water partition coefficient (Wildman–Crippen LogP) is 5.99. The summed E-state index contributed by atoms with van der Waals surface area (Å²) in [6, 6.07) is 18.0. The average Bonchev–Trinajstić information content (AvgIpc) is 2.94. The molecular formula is C24H26N2. The van der Waals surface area contributed by atoms with Gasteiger partial charge in [-0.05, 0) is 90.9 Å². The molecule has 3 aromatic rings. The molecule has 26 heavy (non-hydrogen) atoms. The first kappa shape index (κ1) is 16.7. The molecule has 0 saturated carbocycles. The first-order valence-corrected chi connectivity index (χ1v) is 9.21. The van der Waals surface area contributed by atoms with E-state index in [2.05, 4.69) is 93.6 Å². The minimum atomic E-state index is 1.01. The summed E-state index contributed by atoms with van der Waals surface area (Å²) in [4.78, 5) is 2.17. The van der Waals surface area contributed by atoms with Gasteiger partial charge in [-0.25, -0.2) is 0 Å². The number of hydrogen-bond donors (Lipinski definition) is 1. The quantitative estimate of drug-likeness (QED) is 0.492. The molecule has 0 spiro atoms. The van der Waals surface area contributed by atoms with Crippen LogP contribution in [0.3, 0.4) is 0 Å². The van der Waals surface area contributed by atoms with E-state index in [0.29, 0.717) is 0 Å². The fourth-order valence-corrected chi connectivity index (χ4v) is 3.84. The van der Waals surface area contributed by atoms with Gasteiger partial charge in [0, 0.05) is 31.2 Å². The van der Waals surface area contributed by atoms with Crippen molar-refractivity contribution in [2.24, 2.45) is 0 Å². The molecule has 132 valence electrons. The van der Waals surface area contributed by atoms with Gasteiger partial charge in [-0.3, -0.25) is 0 Å². The maximum absolute atomic E-state index is 3.65. The zero-order valence-electron chi connectivity index (χ0n) is 16.3. The molecule has 0 saturated heterocycles. The summed E-state index contributed by atoms with van der Waals surface area (Å²) < 4.78 is 0. The van der Waals surface area contributed by atoms with E-state index in [1.807, 2.05) is 0 Å². The maximum Gasteiger partial charge on any atom is 0.0417 e. The summed E-state index contributed by atoms with van der Waals surface area (Å²) in [6.45, 7) is 6.49. The first-order chi connectivity index (χ1) is 12.4. The summed E-state index contributed by atoms with van der Waals surface area (Å²) in [5.74, 6) is 0. The highest BCUT2D eigenvalue weighted by molar-refractivity contribution is 5.83. The monoisotopic (exact) mass is 342 g/mol. The van der Waals surface area contributed by atoms with Crippen molar-refractivity contribution < 1.29 is 0 Å². The molecule has 0 radical (unpaired) electrons. The van der Waals surface area contributed by atoms with Crippen LogP contribution >= 0.6 is 0 Å². The number of benzene rings is 3. The highest BCUT2D eigenvalue weighted by Gasteiger charge is 2.20. The van der Waals surface area contributed by atoms with Crippen molar-refractivity contribution in [2.75, 3.05) is 24.3 Å². The van der Waals surface area contributed by atoms with Gasteiger partial charge < -0.3 is 10.2 Å². The van der Waals surface area contributed by atoms with E-state index < -0.39 is 0 Å². The van der Waals surface area contributed by atoms with E-state index in [1.165, 1.54) is 56.0 Å². The number of nitrogens with one attached hydrogen (secondary N) is 1. The van der Waals surface area contributed by atoms with Gasteiger partial charge >= 0.3 is 0 Å². The van der Waals surface area contributed by atoms with E-state index in [4.69, 9.17) is 0 Å². The molecule has 0 heterocycles. The Hall–Kier alpha value is -2.74. The van der Waals surface area contributed by atoms with Gasteiger partial charge in [-0.15, -0.1) is 0 Å². The number of fused-ring (bicyclic) bond motifs is 3. The van der Waals surface area contributed by atoms with E-state index >= 15 is 0 Å². The summed E-state index contributed by atoms with van der Waals surface area (Å²) in [5, 5.41) is 3.65. The molecule has 2 nitrogen and oxygen atoms in total. The normalized spacial score (nSPS) is 11.9. The lowest BCUT2D eigenvalue weighted by atomic mass is 10.0. The summed E-state index contributed by atoms with van der Waals surface area (Å²) >= 11 is 0. The fraction of sp³-hybridized carbons (Fsp3) is 0.250. The van der Waals surface area contributed by atoms with E-state index in [1.54, 1.807) is 0 Å². The molecule has 4 rings (SSSR count). The van der Waals surface area contributed by atoms with Crippen molar-refractivity contribution in [3.63, 3.8) is 0 Å². The minimum Gasteiger partial charge on any atom is -0.378 e. The van der Waals surface area contributed by atoms with Crippen molar-refractivity contribution >= 4 is 17.1 Å². The van der Waals surface area contributed by atoms with Gasteiger partial charge in [0.15, 0.2) is 0 Å². The Balaban J connectivity index is 1.72. The van der Waals surface area contributed by atoms with Crippen molar-refractivity contribution in [1.82, 2.24) is 0 Å². The van der Waals surface area contributed by atoms with Crippen LogP contribution in [0.1, 0.15) is 27.8 Å². The zero-order chi connectivity index (χ0) is 18.4. The second kappa shape index (κ2) is 6.21. The Morgan fingerprint density at radius 3 is 2.19 bits per heavy atom. The Kier molecular flexibility index (Phi) is 3.99. The van der Waals surface area contributed by atoms with Crippen LogP contribution in [-0.4, -0.2) is 14.1 Å². The highest BCUT2D eigenvalue weighted by Crippen LogP contribution is 2.41. The predicted molar refractivity (Wildman–Crippen MR) is 113 cm³/mol. The minimum absolute atomic E-state index is 1.01. The van der Waals surface area contributed by atoms with Gasteiger partial charge in [0.1, 0.15) is 0 Å². The molecule has 0 aromatic heterocycles. The van der Waals surface area contributed by atoms with Crippen molar-refractivity contribution in [3.05, 3.63) is 76.3 Å². The molecule has 1 aliphatic carbocycles. The third kappa shape index (κ3) is 2.86. The van der Waals surface area contributed by atoms with Crippen LogP contribution in [0.4, 0.5) is 17.1 Å². The van der Waals surface area contributed by atoms with Gasteiger partial charge in [0.2, 0.25) is 0 Å². The van der Waals surface area contributed by atoms with E-state index in [9.17, 15) is 0 Å². The summed E-state index contributed by atoms with van der Waals surface area (Å²) in [5.41, 5.74) is 13.1. The molecule has 1 N–H and O–H groups in total. The Morgan fingerprint density at radius 1 is 0.731 bits per heavy atom. The molecular weight excluding hydrogens is 316 g/mol. The smallest absolute Gasteiger partial charge is 0.0417 e. The number of nitrogens with zero attached hydrogens (tertiary/aromatic N) is 1. The SMILES string of the molecule is Cc1ccc(Nc2cc3c(cc2C)-c2cc(N(C)C)ccc2C3)c(C)c1. The first-order valence-electron chi connectivity index (χ1n) is 9.21. The Morgan fingerprint density at radius 2 is 1.46 bits per heavy atom. The number of aryl methyl sites for hydroxylation is 3. The molecule has 3 aromatic carbocycles. The second-order valence-corrected chi connectivity index (χ2v) is 7.68. The second-order valence-electron chi connectivity index (χ2n) is 7.68. The molecule has 1 aliphatic rings. The van der Waals surface area contributed by atoms with Crippen LogP contribution in [0.15, 0.2) is 48.5 Å². The van der Waals surface area contributed by atoms with Gasteiger partial charge in [0.25, 0.3) is 0 Å². The molecule has 0 amide bonds. The zero-order valence-corrected chi connectivity index (χ0v) is 16.3. The van der Waals surface area contributed by atoms with Gasteiger partial charge in [0.05, 0.1) is 0 Å². The van der Waals surface area contributed by atoms with Crippen LogP contribution in [-0.2, 0) is 6.42 Å². The van der Waals surface area contributed by atoms with Crippen molar-refractivity contribution in [1.29, 1.82) is 0 Å². The number of anilines is 3. The molecule has 0 bridgehead atoms. The molecule has 2 heteroatoms. The maximum atomic E-state index is 3.65. The fourth-order valence-electron chi connectivity index (χ4n) is 3.84. The lowest BCUT2D eigenvalue weighted by molar-refractivity contribution is 1.13. The molecule has 0 aliphatic heterocycles. The third-order valence-electron chi connectivity index (χ3n) is 5.38. The van der Waals surface area contributed by atoms with Gasteiger partial charge in [-0.2, -0.15) is 0 Å². The summed E-state index contributed by atoms with van der Waals surface area (Å²) in [6.07, 6.45) is 1.01. The molecule has 0 atom stereocenters. The van der Waals surface area contributed by atoms with Gasteiger partial charge in [-0.1, -0.05) is 23.8 Å². The third-order valence-corrected chi connectivity index (χ3v) is 5.38. The molecule has 0 fully saturated rings. The standard InChI is InChI=1S/C24H26N2/c1-15-6-9-23(16(2)10-15)25-24-13-19-12-18-7-8-20(26(4)5)14-22(18)21(19)11-17(24)3/h6-11,13-14,25H,12H2,1-5H3. The summed E-state index contributed by atoms with van der Waals surface area (Å²) in [7, 11) is 4.19. The van der Waals surface area contributed by atoms with Crippen LogP contribution in [0.25, 0.3) is 11.1 Å². The average molecular weight is 342 g/mol. The Labute approximate surface area is 156 Å². The Bertz CT molecular complexity index is 999. The van der Waals surface area contributed by atoms with E-state index in [0.717, 1.165) is 6.42 Å². The van der Waals surface area contributed by atoms with Crippen LogP contribution in [0, 0.1) is 20.8 Å². The van der Waals surface area contributed by atoms with E-state index in [-0.39, 0.29) is 0 Å². The van der Waals surface area contributed by atoms with Crippen LogP contribution in [0.5, 0.6) is 0 Å². The van der Waals surface area contributed by atoms with Crippen LogP contribution in [0.2, 0.25) is 0 Å². The molecule has 0 unspecified atom stereocenters. The number of hydrogen-bond acceptors (Lipinski definition) is 2. The topological polar surface area (TPSA) is 15.3 Å². The lowest BCUT2D eigenvalue weighted by Gasteiger charge is -2.16. The largest absolute Gasteiger partial charge is 0.378 e. The highest BCUT2D eigenvalue weighted by atomic mass is 15.1. The lowest BCUT2D eigenvalue weighted by Crippen LogP contribution is -2.08. The van der Waals surface area contributed by atoms with Crippen molar-refractivity contribution in [2.45, 2.75) is 27.2 Å². The van der Waals surface area contributed by atoms with Crippen molar-refractivity contribution in [3.8, 4) is 11.1 Å². The number of rotatable bonds is 3.